The van der Waals surface area contributed by atoms with Gasteiger partial charge in [-0.25, -0.2) is 9.78 Å². The van der Waals surface area contributed by atoms with Gasteiger partial charge in [-0.05, 0) is 67.6 Å². The Morgan fingerprint density at radius 3 is 2.41 bits per heavy atom. The van der Waals surface area contributed by atoms with Crippen LogP contribution in [-0.2, 0) is 17.9 Å². The van der Waals surface area contributed by atoms with Crippen LogP contribution in [0.3, 0.4) is 0 Å². The van der Waals surface area contributed by atoms with Crippen LogP contribution in [0, 0.1) is 16.7 Å². The molecule has 1 aliphatic heterocycles. The van der Waals surface area contributed by atoms with Crippen molar-refractivity contribution in [2.24, 2.45) is 11.3 Å². The molecule has 208 valence electrons. The number of amides is 1. The number of ether oxygens (including phenoxy) is 1. The number of pyridine rings is 1. The predicted molar refractivity (Wildman–Crippen MR) is 156 cm³/mol. The largest absolute Gasteiger partial charge is 0.445 e. The zero-order valence-electron chi connectivity index (χ0n) is 23.7. The molecular formula is C32H43N5O2. The summed E-state index contributed by atoms with van der Waals surface area (Å²) in [5.41, 5.74) is 4.01. The molecule has 7 nitrogen and oxygen atoms in total. The second-order valence-corrected chi connectivity index (χ2v) is 12.3. The topological polar surface area (TPSA) is 83.2 Å². The number of fused-ring (bicyclic) bond motifs is 1. The van der Waals surface area contributed by atoms with E-state index in [1.807, 2.05) is 48.7 Å². The Morgan fingerprint density at radius 2 is 1.74 bits per heavy atom. The Bertz CT molecular complexity index is 1260. The van der Waals surface area contributed by atoms with E-state index in [-0.39, 0.29) is 12.6 Å². The normalized spacial score (nSPS) is 21.1. The number of carbonyl (C=O) groups excluding carboxylic acids is 1. The summed E-state index contributed by atoms with van der Waals surface area (Å²) in [4.78, 5) is 20.0. The van der Waals surface area contributed by atoms with Gasteiger partial charge in [-0.1, -0.05) is 51.1 Å². The number of benzene rings is 1. The number of likely N-dealkylation sites (tertiary alicyclic amines) is 1. The van der Waals surface area contributed by atoms with Crippen LogP contribution in [0.5, 0.6) is 0 Å². The molecule has 1 aromatic carbocycles. The van der Waals surface area contributed by atoms with Gasteiger partial charge >= 0.3 is 6.09 Å². The van der Waals surface area contributed by atoms with Gasteiger partial charge in [0.25, 0.3) is 0 Å². The number of hydrogen-bond donors (Lipinski definition) is 2. The Kier molecular flexibility index (Phi) is 8.36. The van der Waals surface area contributed by atoms with E-state index in [1.165, 1.54) is 31.9 Å². The average molecular weight is 530 g/mol. The summed E-state index contributed by atoms with van der Waals surface area (Å²) in [6, 6.07) is 14.6. The number of alkyl carbamates (subject to hydrolysis) is 1. The number of nitrogens with zero attached hydrogens (tertiary/aromatic N) is 3. The quantitative estimate of drug-likeness (QED) is 0.334. The predicted octanol–water partition coefficient (Wildman–Crippen LogP) is 6.70. The van der Waals surface area contributed by atoms with E-state index >= 15 is 0 Å². The van der Waals surface area contributed by atoms with E-state index in [2.05, 4.69) is 35.6 Å². The maximum absolute atomic E-state index is 12.6. The lowest BCUT2D eigenvalue weighted by Gasteiger charge is -2.43. The lowest BCUT2D eigenvalue weighted by atomic mass is 9.71. The van der Waals surface area contributed by atoms with E-state index in [0.29, 0.717) is 18.0 Å². The molecule has 7 heteroatoms. The van der Waals surface area contributed by atoms with Crippen molar-refractivity contribution in [1.29, 1.82) is 5.41 Å². The van der Waals surface area contributed by atoms with E-state index < -0.39 is 6.09 Å². The third-order valence-electron chi connectivity index (χ3n) is 8.97. The van der Waals surface area contributed by atoms with Crippen LogP contribution >= 0.6 is 0 Å². The maximum Gasteiger partial charge on any atom is 0.407 e. The zero-order chi connectivity index (χ0) is 27.4. The molecule has 3 heterocycles. The molecule has 5 rings (SSSR count). The molecule has 1 saturated heterocycles. The van der Waals surface area contributed by atoms with Gasteiger partial charge in [-0.2, -0.15) is 0 Å². The molecule has 0 bridgehead atoms. The Labute approximate surface area is 232 Å². The van der Waals surface area contributed by atoms with Gasteiger partial charge in [0, 0.05) is 54.2 Å². The third kappa shape index (κ3) is 6.19. The first-order chi connectivity index (χ1) is 18.8. The standard InChI is InChI=1S/C32H43N5O2/c1-32(2,3)24-11-13-25(14-12-24)36-18-15-26(16-19-36)37-29(28(20-33)27-10-7-17-34-30(27)37)21-35-31(38)39-22-23-8-5-4-6-9-23/h4-10,17,20,24-26,33H,11-16,18-19,21-22H2,1-3H3,(H,35,38). The number of aromatic nitrogens is 2. The molecular weight excluding hydrogens is 486 g/mol. The minimum absolute atomic E-state index is 0.227. The monoisotopic (exact) mass is 529 g/mol. The molecule has 0 unspecified atom stereocenters. The first-order valence-corrected chi connectivity index (χ1v) is 14.5. The van der Waals surface area contributed by atoms with Crippen molar-refractivity contribution in [2.75, 3.05) is 13.1 Å². The number of piperidine rings is 1. The van der Waals surface area contributed by atoms with Crippen molar-refractivity contribution in [3.8, 4) is 0 Å². The molecule has 1 aliphatic carbocycles. The number of rotatable bonds is 7. The lowest BCUT2D eigenvalue weighted by molar-refractivity contribution is 0.0719. The number of nitrogens with one attached hydrogen (secondary N) is 2. The number of carbonyl (C=O) groups is 1. The minimum atomic E-state index is -0.458. The van der Waals surface area contributed by atoms with Crippen molar-refractivity contribution in [2.45, 2.75) is 84.5 Å². The Balaban J connectivity index is 1.27. The van der Waals surface area contributed by atoms with Crippen molar-refractivity contribution in [3.05, 3.63) is 65.5 Å². The highest BCUT2D eigenvalue weighted by atomic mass is 16.5. The molecule has 1 amide bonds. The van der Waals surface area contributed by atoms with E-state index in [1.54, 1.807) is 0 Å². The van der Waals surface area contributed by atoms with Crippen LogP contribution in [-0.4, -0.2) is 45.9 Å². The van der Waals surface area contributed by atoms with Crippen LogP contribution in [0.15, 0.2) is 48.7 Å². The molecule has 0 radical (unpaired) electrons. The van der Waals surface area contributed by atoms with Crippen LogP contribution in [0.4, 0.5) is 4.79 Å². The smallest absolute Gasteiger partial charge is 0.407 e. The molecule has 1 saturated carbocycles. The SMILES string of the molecule is CC(C)(C)C1CCC(N2CCC(n3c(CNC(=O)OCc4ccccc4)c(C=N)c4cccnc43)CC2)CC1. The highest BCUT2D eigenvalue weighted by Gasteiger charge is 2.34. The summed E-state index contributed by atoms with van der Waals surface area (Å²) >= 11 is 0. The molecule has 0 atom stereocenters. The first kappa shape index (κ1) is 27.4. The lowest BCUT2D eigenvalue weighted by Crippen LogP contribution is -2.44. The summed E-state index contributed by atoms with van der Waals surface area (Å²) in [5, 5.41) is 12.1. The van der Waals surface area contributed by atoms with Gasteiger partial charge in [0.15, 0.2) is 0 Å². The summed E-state index contributed by atoms with van der Waals surface area (Å²) in [5.74, 6) is 0.831. The van der Waals surface area contributed by atoms with Gasteiger partial charge in [0.2, 0.25) is 0 Å². The summed E-state index contributed by atoms with van der Waals surface area (Å²) < 4.78 is 7.75. The molecule has 2 N–H and O–H groups in total. The van der Waals surface area contributed by atoms with Gasteiger partial charge in [0.1, 0.15) is 12.3 Å². The average Bonchev–Trinajstić information content (AvgIpc) is 3.28. The van der Waals surface area contributed by atoms with Crippen LogP contribution in [0.25, 0.3) is 11.0 Å². The highest BCUT2D eigenvalue weighted by Crippen LogP contribution is 2.40. The Morgan fingerprint density at radius 1 is 1.03 bits per heavy atom. The maximum atomic E-state index is 12.6. The van der Waals surface area contributed by atoms with Gasteiger partial charge < -0.3 is 24.9 Å². The van der Waals surface area contributed by atoms with E-state index in [9.17, 15) is 4.79 Å². The fourth-order valence-electron chi connectivity index (χ4n) is 6.69. The minimum Gasteiger partial charge on any atom is -0.445 e. The van der Waals surface area contributed by atoms with Crippen molar-refractivity contribution < 1.29 is 9.53 Å². The molecule has 3 aromatic rings. The van der Waals surface area contributed by atoms with Crippen LogP contribution in [0.2, 0.25) is 0 Å². The molecule has 39 heavy (non-hydrogen) atoms. The zero-order valence-corrected chi connectivity index (χ0v) is 23.7. The highest BCUT2D eigenvalue weighted by molar-refractivity contribution is 5.99. The summed E-state index contributed by atoms with van der Waals surface area (Å²) in [7, 11) is 0. The number of hydrogen-bond acceptors (Lipinski definition) is 5. The van der Waals surface area contributed by atoms with Crippen LogP contribution in [0.1, 0.15) is 82.2 Å². The Hall–Kier alpha value is -3.19. The summed E-state index contributed by atoms with van der Waals surface area (Å²) in [6.07, 6.45) is 10.1. The molecule has 2 aromatic heterocycles. The summed E-state index contributed by atoms with van der Waals surface area (Å²) in [6.45, 7) is 9.84. The molecule has 0 spiro atoms. The second-order valence-electron chi connectivity index (χ2n) is 12.3. The fraction of sp³-hybridized carbons (Fsp3) is 0.531. The van der Waals surface area contributed by atoms with Crippen molar-refractivity contribution in [3.63, 3.8) is 0 Å². The van der Waals surface area contributed by atoms with Gasteiger partial charge in [-0.3, -0.25) is 0 Å². The molecule has 2 fully saturated rings. The van der Waals surface area contributed by atoms with Gasteiger partial charge in [0.05, 0.1) is 6.54 Å². The fourth-order valence-corrected chi connectivity index (χ4v) is 6.69. The van der Waals surface area contributed by atoms with E-state index in [0.717, 1.165) is 59.7 Å². The van der Waals surface area contributed by atoms with Crippen molar-refractivity contribution >= 4 is 23.3 Å². The second kappa shape index (κ2) is 11.9. The third-order valence-corrected chi connectivity index (χ3v) is 8.97. The van der Waals surface area contributed by atoms with Crippen LogP contribution < -0.4 is 5.32 Å². The van der Waals surface area contributed by atoms with Crippen molar-refractivity contribution in [1.82, 2.24) is 19.8 Å². The molecule has 2 aliphatic rings. The first-order valence-electron chi connectivity index (χ1n) is 14.5. The van der Waals surface area contributed by atoms with E-state index in [4.69, 9.17) is 15.1 Å². The van der Waals surface area contributed by atoms with Gasteiger partial charge in [-0.15, -0.1) is 0 Å².